The summed E-state index contributed by atoms with van der Waals surface area (Å²) in [6.07, 6.45) is 1.71. The Hall–Kier alpha value is -4.33. The quantitative estimate of drug-likeness (QED) is 0.434. The molecule has 0 aliphatic carbocycles. The molecule has 0 atom stereocenters. The van der Waals surface area contributed by atoms with Gasteiger partial charge in [0.2, 0.25) is 0 Å². The van der Waals surface area contributed by atoms with Crippen LogP contribution >= 0.6 is 0 Å². The van der Waals surface area contributed by atoms with E-state index in [4.69, 9.17) is 9.47 Å². The number of ether oxygens (including phenoxy) is 2. The minimum absolute atomic E-state index is 0.126. The number of urea groups is 1. The first-order valence-corrected chi connectivity index (χ1v) is 10.5. The van der Waals surface area contributed by atoms with Gasteiger partial charge in [0.15, 0.2) is 0 Å². The maximum absolute atomic E-state index is 12.3. The van der Waals surface area contributed by atoms with Crippen LogP contribution in [0.1, 0.15) is 18.2 Å². The summed E-state index contributed by atoms with van der Waals surface area (Å²) in [5.41, 5.74) is 3.16. The Morgan fingerprint density at radius 1 is 0.939 bits per heavy atom. The van der Waals surface area contributed by atoms with E-state index >= 15 is 0 Å². The zero-order valence-electron chi connectivity index (χ0n) is 18.4. The number of fused-ring (bicyclic) bond motifs is 1. The van der Waals surface area contributed by atoms with Gasteiger partial charge in [-0.1, -0.05) is 6.07 Å². The summed E-state index contributed by atoms with van der Waals surface area (Å²) in [6, 6.07) is 18.9. The van der Waals surface area contributed by atoms with E-state index in [9.17, 15) is 9.59 Å². The number of benzene rings is 2. The zero-order chi connectivity index (χ0) is 23.2. The van der Waals surface area contributed by atoms with E-state index < -0.39 is 0 Å². The van der Waals surface area contributed by atoms with Crippen LogP contribution in [0.2, 0.25) is 0 Å². The third-order valence-electron chi connectivity index (χ3n) is 4.78. The predicted octanol–water partition coefficient (Wildman–Crippen LogP) is 4.62. The van der Waals surface area contributed by atoms with Crippen LogP contribution in [0.4, 0.5) is 16.2 Å². The number of hydrogen-bond donors (Lipinski definition) is 2. The van der Waals surface area contributed by atoms with Gasteiger partial charge in [-0.25, -0.2) is 9.78 Å². The fraction of sp³-hybridized carbons (Fsp3) is 0.160. The first-order chi connectivity index (χ1) is 16.0. The van der Waals surface area contributed by atoms with Crippen LogP contribution < -0.4 is 25.7 Å². The van der Waals surface area contributed by atoms with Crippen LogP contribution in [0, 0.1) is 6.92 Å². The van der Waals surface area contributed by atoms with E-state index in [1.54, 1.807) is 54.7 Å². The van der Waals surface area contributed by atoms with E-state index in [1.165, 1.54) is 10.5 Å². The highest BCUT2D eigenvalue weighted by Crippen LogP contribution is 2.20. The van der Waals surface area contributed by atoms with Crippen LogP contribution in [0.25, 0.3) is 5.65 Å². The molecular formula is C25H24N4O4. The van der Waals surface area contributed by atoms with Crippen LogP contribution in [0.3, 0.4) is 0 Å². The van der Waals surface area contributed by atoms with Crippen molar-refractivity contribution in [2.24, 2.45) is 0 Å². The molecule has 8 heteroatoms. The third-order valence-corrected chi connectivity index (χ3v) is 4.78. The lowest BCUT2D eigenvalue weighted by Crippen LogP contribution is -2.19. The molecule has 4 rings (SSSR count). The van der Waals surface area contributed by atoms with Crippen LogP contribution in [0.5, 0.6) is 11.5 Å². The van der Waals surface area contributed by atoms with Crippen molar-refractivity contribution in [2.45, 2.75) is 20.5 Å². The number of rotatable bonds is 7. The second-order valence-electron chi connectivity index (χ2n) is 7.37. The number of amides is 2. The second kappa shape index (κ2) is 9.86. The van der Waals surface area contributed by atoms with Gasteiger partial charge in [0, 0.05) is 29.7 Å². The Morgan fingerprint density at radius 3 is 2.52 bits per heavy atom. The molecular weight excluding hydrogens is 420 g/mol. The second-order valence-corrected chi connectivity index (χ2v) is 7.37. The number of aromatic nitrogens is 2. The van der Waals surface area contributed by atoms with E-state index in [2.05, 4.69) is 15.6 Å². The van der Waals surface area contributed by atoms with Gasteiger partial charge in [-0.15, -0.1) is 0 Å². The van der Waals surface area contributed by atoms with Crippen molar-refractivity contribution in [1.29, 1.82) is 0 Å². The lowest BCUT2D eigenvalue weighted by Gasteiger charge is -2.11. The lowest BCUT2D eigenvalue weighted by molar-refractivity contribution is 0.262. The van der Waals surface area contributed by atoms with Crippen molar-refractivity contribution in [3.05, 3.63) is 94.5 Å². The largest absolute Gasteiger partial charge is 0.494 e. The third kappa shape index (κ3) is 5.68. The Kier molecular flexibility index (Phi) is 6.54. The van der Waals surface area contributed by atoms with Crippen molar-refractivity contribution < 1.29 is 14.3 Å². The minimum atomic E-state index is -0.379. The van der Waals surface area contributed by atoms with Gasteiger partial charge >= 0.3 is 6.03 Å². The normalized spacial score (nSPS) is 10.6. The van der Waals surface area contributed by atoms with Gasteiger partial charge in [0.1, 0.15) is 23.8 Å². The number of pyridine rings is 1. The average Bonchev–Trinajstić information content (AvgIpc) is 2.79. The molecule has 2 heterocycles. The first-order valence-electron chi connectivity index (χ1n) is 10.5. The summed E-state index contributed by atoms with van der Waals surface area (Å²) in [4.78, 5) is 29.1. The number of anilines is 2. The molecule has 2 aromatic heterocycles. The molecule has 2 aromatic carbocycles. The summed E-state index contributed by atoms with van der Waals surface area (Å²) in [6.45, 7) is 4.57. The van der Waals surface area contributed by atoms with Crippen LogP contribution in [-0.2, 0) is 6.61 Å². The summed E-state index contributed by atoms with van der Waals surface area (Å²) < 4.78 is 12.7. The number of nitrogens with one attached hydrogen (secondary N) is 2. The number of carbonyl (C=O) groups is 1. The molecule has 0 aliphatic rings. The monoisotopic (exact) mass is 444 g/mol. The van der Waals surface area contributed by atoms with Crippen LogP contribution in [0.15, 0.2) is 77.7 Å². The Bertz CT molecular complexity index is 1330. The fourth-order valence-electron chi connectivity index (χ4n) is 3.24. The Balaban J connectivity index is 1.38. The molecule has 8 nitrogen and oxygen atoms in total. The molecule has 33 heavy (non-hydrogen) atoms. The highest BCUT2D eigenvalue weighted by Gasteiger charge is 2.07. The SMILES string of the molecule is CCOc1ccc(NC(=O)Nc2cccc(OCc3cc(=O)n4ccc(C)cc4n3)c2)cc1. The molecule has 0 bridgehead atoms. The molecule has 4 aromatic rings. The van der Waals surface area contributed by atoms with E-state index in [0.29, 0.717) is 35.1 Å². The molecule has 2 N–H and O–H groups in total. The number of nitrogens with zero attached hydrogens (tertiary/aromatic N) is 2. The van der Waals surface area contributed by atoms with Crippen molar-refractivity contribution in [1.82, 2.24) is 9.38 Å². The highest BCUT2D eigenvalue weighted by atomic mass is 16.5. The van der Waals surface area contributed by atoms with Gasteiger partial charge in [-0.05, 0) is 67.9 Å². The standard InChI is InChI=1S/C25H24N4O4/c1-3-32-21-9-7-18(8-10-21)27-25(31)28-19-5-4-6-22(14-19)33-16-20-15-24(30)29-12-11-17(2)13-23(29)26-20/h4-15H,3,16H2,1-2H3,(H2,27,28,31). The summed E-state index contributed by atoms with van der Waals surface area (Å²) in [5, 5.41) is 5.55. The van der Waals surface area contributed by atoms with E-state index in [1.807, 2.05) is 26.0 Å². The van der Waals surface area contributed by atoms with Gasteiger partial charge in [-0.2, -0.15) is 0 Å². The number of aryl methyl sites for hydroxylation is 1. The minimum Gasteiger partial charge on any atom is -0.494 e. The Morgan fingerprint density at radius 2 is 1.73 bits per heavy atom. The molecule has 0 spiro atoms. The number of hydrogen-bond acceptors (Lipinski definition) is 5. The zero-order valence-corrected chi connectivity index (χ0v) is 18.4. The molecule has 168 valence electrons. The average molecular weight is 444 g/mol. The van der Waals surface area contributed by atoms with Crippen LogP contribution in [-0.4, -0.2) is 22.0 Å². The molecule has 0 fully saturated rings. The van der Waals surface area contributed by atoms with Gasteiger partial charge in [0.05, 0.1) is 12.3 Å². The summed E-state index contributed by atoms with van der Waals surface area (Å²) in [5.74, 6) is 1.28. The molecule has 2 amide bonds. The van der Waals surface area contributed by atoms with Crippen molar-refractivity contribution in [3.63, 3.8) is 0 Å². The van der Waals surface area contributed by atoms with Gasteiger partial charge in [0.25, 0.3) is 5.56 Å². The van der Waals surface area contributed by atoms with Crippen molar-refractivity contribution in [2.75, 3.05) is 17.2 Å². The first kappa shape index (κ1) is 21.9. The maximum Gasteiger partial charge on any atom is 0.323 e. The molecule has 0 aliphatic heterocycles. The smallest absolute Gasteiger partial charge is 0.323 e. The number of carbonyl (C=O) groups excluding carboxylic acids is 1. The summed E-state index contributed by atoms with van der Waals surface area (Å²) >= 11 is 0. The van der Waals surface area contributed by atoms with Crippen molar-refractivity contribution >= 4 is 23.1 Å². The maximum atomic E-state index is 12.3. The molecule has 0 saturated carbocycles. The fourth-order valence-corrected chi connectivity index (χ4v) is 3.24. The van der Waals surface area contributed by atoms with E-state index in [0.717, 1.165) is 11.3 Å². The predicted molar refractivity (Wildman–Crippen MR) is 127 cm³/mol. The van der Waals surface area contributed by atoms with Crippen molar-refractivity contribution in [3.8, 4) is 11.5 Å². The molecule has 0 radical (unpaired) electrons. The topological polar surface area (TPSA) is 94.0 Å². The van der Waals surface area contributed by atoms with E-state index in [-0.39, 0.29) is 18.2 Å². The lowest BCUT2D eigenvalue weighted by atomic mass is 10.3. The summed E-state index contributed by atoms with van der Waals surface area (Å²) in [7, 11) is 0. The Labute approximate surface area is 190 Å². The molecule has 0 saturated heterocycles. The molecule has 0 unspecified atom stereocenters. The van der Waals surface area contributed by atoms with Gasteiger partial charge < -0.3 is 20.1 Å². The van der Waals surface area contributed by atoms with Gasteiger partial charge in [-0.3, -0.25) is 9.20 Å². The highest BCUT2D eigenvalue weighted by molar-refractivity contribution is 5.99.